The number of nitrogens with zero attached hydrogens (tertiary/aromatic N) is 4. The lowest BCUT2D eigenvalue weighted by atomic mass is 10.2. The number of rotatable bonds is 3. The van der Waals surface area contributed by atoms with E-state index in [-0.39, 0.29) is 23.8 Å². The molecule has 21 heavy (non-hydrogen) atoms. The second-order valence-corrected chi connectivity index (χ2v) is 4.73. The van der Waals surface area contributed by atoms with Crippen molar-refractivity contribution in [3.8, 4) is 0 Å². The summed E-state index contributed by atoms with van der Waals surface area (Å²) in [4.78, 5) is 12.3. The van der Waals surface area contributed by atoms with Crippen LogP contribution in [0.4, 0.5) is 8.78 Å². The molecule has 0 saturated carbocycles. The van der Waals surface area contributed by atoms with Crippen LogP contribution in [0.1, 0.15) is 24.5 Å². The SMILES string of the molecule is CC(F)c1nnc2c(=O)n(Cc3cccc(F)c3)ccn12. The molecule has 0 aliphatic carbocycles. The van der Waals surface area contributed by atoms with E-state index in [1.807, 2.05) is 0 Å². The van der Waals surface area contributed by atoms with E-state index in [1.54, 1.807) is 12.1 Å². The van der Waals surface area contributed by atoms with Crippen molar-refractivity contribution < 1.29 is 8.78 Å². The van der Waals surface area contributed by atoms with Gasteiger partial charge < -0.3 is 4.57 Å². The highest BCUT2D eigenvalue weighted by Crippen LogP contribution is 2.13. The van der Waals surface area contributed by atoms with E-state index in [9.17, 15) is 13.6 Å². The van der Waals surface area contributed by atoms with Gasteiger partial charge in [0.05, 0.1) is 6.54 Å². The molecule has 1 unspecified atom stereocenters. The first-order valence-corrected chi connectivity index (χ1v) is 6.39. The summed E-state index contributed by atoms with van der Waals surface area (Å²) in [5, 5.41) is 7.41. The van der Waals surface area contributed by atoms with E-state index in [1.165, 1.54) is 40.4 Å². The third kappa shape index (κ3) is 2.42. The Morgan fingerprint density at radius 3 is 2.81 bits per heavy atom. The smallest absolute Gasteiger partial charge is 0.296 e. The van der Waals surface area contributed by atoms with Crippen LogP contribution < -0.4 is 5.56 Å². The first kappa shape index (κ1) is 13.4. The largest absolute Gasteiger partial charge is 0.306 e. The normalized spacial score (nSPS) is 12.7. The van der Waals surface area contributed by atoms with Crippen molar-refractivity contribution in [2.45, 2.75) is 19.6 Å². The fourth-order valence-corrected chi connectivity index (χ4v) is 2.17. The van der Waals surface area contributed by atoms with Crippen LogP contribution in [0.5, 0.6) is 0 Å². The summed E-state index contributed by atoms with van der Waals surface area (Å²) in [5.74, 6) is -0.280. The maximum Gasteiger partial charge on any atom is 0.296 e. The van der Waals surface area contributed by atoms with Gasteiger partial charge in [0.1, 0.15) is 5.82 Å². The van der Waals surface area contributed by atoms with E-state index >= 15 is 0 Å². The highest BCUT2D eigenvalue weighted by Gasteiger charge is 2.15. The Balaban J connectivity index is 2.05. The van der Waals surface area contributed by atoms with Gasteiger partial charge in [0.2, 0.25) is 5.65 Å². The van der Waals surface area contributed by atoms with Crippen LogP contribution in [-0.4, -0.2) is 19.2 Å². The van der Waals surface area contributed by atoms with Gasteiger partial charge in [-0.1, -0.05) is 12.1 Å². The number of aromatic nitrogens is 4. The molecule has 3 rings (SSSR count). The quantitative estimate of drug-likeness (QED) is 0.742. The zero-order valence-electron chi connectivity index (χ0n) is 11.2. The van der Waals surface area contributed by atoms with Gasteiger partial charge in [0.25, 0.3) is 5.56 Å². The minimum atomic E-state index is -1.32. The average Bonchev–Trinajstić information content (AvgIpc) is 2.87. The maximum absolute atomic E-state index is 13.3. The molecule has 0 radical (unpaired) electrons. The molecule has 0 saturated heterocycles. The van der Waals surface area contributed by atoms with Crippen molar-refractivity contribution in [3.05, 3.63) is 64.2 Å². The zero-order chi connectivity index (χ0) is 15.0. The van der Waals surface area contributed by atoms with Crippen molar-refractivity contribution in [3.63, 3.8) is 0 Å². The summed E-state index contributed by atoms with van der Waals surface area (Å²) in [6.07, 6.45) is 1.72. The van der Waals surface area contributed by atoms with Gasteiger partial charge in [-0.2, -0.15) is 0 Å². The highest BCUT2D eigenvalue weighted by atomic mass is 19.1. The minimum Gasteiger partial charge on any atom is -0.306 e. The predicted octanol–water partition coefficient (Wildman–Crippen LogP) is 2.11. The van der Waals surface area contributed by atoms with Crippen LogP contribution >= 0.6 is 0 Å². The molecule has 0 aliphatic rings. The molecule has 7 heteroatoms. The van der Waals surface area contributed by atoms with Gasteiger partial charge in [-0.3, -0.25) is 9.20 Å². The van der Waals surface area contributed by atoms with Crippen LogP contribution in [0, 0.1) is 5.82 Å². The summed E-state index contributed by atoms with van der Waals surface area (Å²) >= 11 is 0. The topological polar surface area (TPSA) is 52.2 Å². The molecular formula is C14H12F2N4O. The lowest BCUT2D eigenvalue weighted by Gasteiger charge is -2.07. The standard InChI is InChI=1S/C14H12F2N4O/c1-9(15)12-17-18-13-14(21)19(5-6-20(12)13)8-10-3-2-4-11(16)7-10/h2-7,9H,8H2,1H3. The number of hydrogen-bond acceptors (Lipinski definition) is 3. The molecule has 0 amide bonds. The first-order chi connectivity index (χ1) is 10.1. The molecule has 0 fully saturated rings. The molecule has 108 valence electrons. The van der Waals surface area contributed by atoms with E-state index < -0.39 is 11.7 Å². The molecule has 0 spiro atoms. The number of hydrogen-bond donors (Lipinski definition) is 0. The van der Waals surface area contributed by atoms with Crippen molar-refractivity contribution in [1.82, 2.24) is 19.2 Å². The summed E-state index contributed by atoms with van der Waals surface area (Å²) in [6.45, 7) is 1.54. The molecule has 2 heterocycles. The molecule has 2 aromatic heterocycles. The van der Waals surface area contributed by atoms with Gasteiger partial charge in [-0.05, 0) is 24.6 Å². The number of fused-ring (bicyclic) bond motifs is 1. The van der Waals surface area contributed by atoms with Crippen molar-refractivity contribution in [2.24, 2.45) is 0 Å². The molecular weight excluding hydrogens is 278 g/mol. The van der Waals surface area contributed by atoms with E-state index in [0.717, 1.165) is 0 Å². The van der Waals surface area contributed by atoms with Gasteiger partial charge in [0, 0.05) is 12.4 Å². The average molecular weight is 290 g/mol. The van der Waals surface area contributed by atoms with Crippen LogP contribution in [-0.2, 0) is 6.54 Å². The summed E-state index contributed by atoms with van der Waals surface area (Å²) in [7, 11) is 0. The van der Waals surface area contributed by atoms with Crippen LogP contribution in [0.25, 0.3) is 5.65 Å². The summed E-state index contributed by atoms with van der Waals surface area (Å²) in [5.41, 5.74) is 0.301. The maximum atomic E-state index is 13.3. The van der Waals surface area contributed by atoms with Gasteiger partial charge in [-0.15, -0.1) is 10.2 Å². The first-order valence-electron chi connectivity index (χ1n) is 6.39. The molecule has 0 N–H and O–H groups in total. The van der Waals surface area contributed by atoms with E-state index in [0.29, 0.717) is 5.56 Å². The number of halogens is 2. The lowest BCUT2D eigenvalue weighted by molar-refractivity contribution is 0.354. The Bertz CT molecular complexity index is 854. The second kappa shape index (κ2) is 5.08. The molecule has 0 bridgehead atoms. The zero-order valence-corrected chi connectivity index (χ0v) is 11.2. The Morgan fingerprint density at radius 2 is 2.10 bits per heavy atom. The summed E-state index contributed by atoms with van der Waals surface area (Å²) in [6, 6.07) is 5.99. The molecule has 3 aromatic rings. The fraction of sp³-hybridized carbons (Fsp3) is 0.214. The van der Waals surface area contributed by atoms with Crippen LogP contribution in [0.15, 0.2) is 41.5 Å². The molecule has 5 nitrogen and oxygen atoms in total. The van der Waals surface area contributed by atoms with Crippen LogP contribution in [0.3, 0.4) is 0 Å². The van der Waals surface area contributed by atoms with Crippen molar-refractivity contribution in [2.75, 3.05) is 0 Å². The lowest BCUT2D eigenvalue weighted by Crippen LogP contribution is -2.22. The van der Waals surface area contributed by atoms with Gasteiger partial charge in [-0.25, -0.2) is 8.78 Å². The van der Waals surface area contributed by atoms with Crippen LogP contribution in [0.2, 0.25) is 0 Å². The van der Waals surface area contributed by atoms with E-state index in [4.69, 9.17) is 0 Å². The molecule has 1 atom stereocenters. The Hall–Kier alpha value is -2.57. The number of alkyl halides is 1. The van der Waals surface area contributed by atoms with E-state index in [2.05, 4.69) is 10.2 Å². The highest BCUT2D eigenvalue weighted by molar-refractivity contribution is 5.35. The van der Waals surface area contributed by atoms with Crippen molar-refractivity contribution >= 4 is 5.65 Å². The second-order valence-electron chi connectivity index (χ2n) is 4.73. The predicted molar refractivity (Wildman–Crippen MR) is 72.3 cm³/mol. The third-order valence-corrected chi connectivity index (χ3v) is 3.17. The Morgan fingerprint density at radius 1 is 1.29 bits per heavy atom. The Kier molecular flexibility index (Phi) is 3.25. The third-order valence-electron chi connectivity index (χ3n) is 3.17. The summed E-state index contributed by atoms with van der Waals surface area (Å²) < 4.78 is 29.2. The minimum absolute atomic E-state index is 0.0494. The molecule has 1 aromatic carbocycles. The fourth-order valence-electron chi connectivity index (χ4n) is 2.17. The number of benzene rings is 1. The van der Waals surface area contributed by atoms with Gasteiger partial charge >= 0.3 is 0 Å². The van der Waals surface area contributed by atoms with Gasteiger partial charge in [0.15, 0.2) is 12.0 Å². The molecule has 0 aliphatic heterocycles. The monoisotopic (exact) mass is 290 g/mol. The Labute approximate surface area is 118 Å². The van der Waals surface area contributed by atoms with Crippen molar-refractivity contribution in [1.29, 1.82) is 0 Å².